The third-order valence-corrected chi connectivity index (χ3v) is 3.17. The van der Waals surface area contributed by atoms with Crippen molar-refractivity contribution in [3.8, 4) is 0 Å². The highest BCUT2D eigenvalue weighted by Crippen LogP contribution is 2.20. The normalized spacial score (nSPS) is 11.6. The van der Waals surface area contributed by atoms with Crippen LogP contribution in [0.5, 0.6) is 0 Å². The minimum Gasteiger partial charge on any atom is -0.265 e. The molecule has 1 aromatic carbocycles. The Morgan fingerprint density at radius 2 is 1.72 bits per heavy atom. The zero-order chi connectivity index (χ0) is 13.8. The summed E-state index contributed by atoms with van der Waals surface area (Å²) >= 11 is 5.34. The SMILES string of the molecule is O=S(=O)(NCCCCl)Nc1c(F)cc(F)cc1F. The van der Waals surface area contributed by atoms with Crippen LogP contribution in [0.1, 0.15) is 6.42 Å². The second-order valence-electron chi connectivity index (χ2n) is 3.29. The van der Waals surface area contributed by atoms with E-state index in [1.165, 1.54) is 0 Å². The quantitative estimate of drug-likeness (QED) is 0.623. The van der Waals surface area contributed by atoms with Gasteiger partial charge in [0.25, 0.3) is 10.2 Å². The minimum absolute atomic E-state index is 0.0171. The Balaban J connectivity index is 2.84. The van der Waals surface area contributed by atoms with Gasteiger partial charge in [0.15, 0.2) is 11.6 Å². The lowest BCUT2D eigenvalue weighted by Crippen LogP contribution is -2.31. The van der Waals surface area contributed by atoms with Gasteiger partial charge in [0.05, 0.1) is 0 Å². The first kappa shape index (κ1) is 15.1. The smallest absolute Gasteiger partial charge is 0.265 e. The van der Waals surface area contributed by atoms with Gasteiger partial charge in [-0.1, -0.05) is 0 Å². The van der Waals surface area contributed by atoms with Crippen LogP contribution in [-0.4, -0.2) is 20.8 Å². The van der Waals surface area contributed by atoms with Crippen molar-refractivity contribution in [2.24, 2.45) is 0 Å². The summed E-state index contributed by atoms with van der Waals surface area (Å²) in [5.41, 5.74) is -0.935. The average Bonchev–Trinajstić information content (AvgIpc) is 2.23. The van der Waals surface area contributed by atoms with E-state index >= 15 is 0 Å². The van der Waals surface area contributed by atoms with Crippen LogP contribution in [0.4, 0.5) is 18.9 Å². The van der Waals surface area contributed by atoms with Gasteiger partial charge in [-0.2, -0.15) is 13.1 Å². The fourth-order valence-electron chi connectivity index (χ4n) is 1.08. The highest BCUT2D eigenvalue weighted by Gasteiger charge is 2.17. The first-order valence-electron chi connectivity index (χ1n) is 4.83. The zero-order valence-corrected chi connectivity index (χ0v) is 10.6. The Bertz CT molecular complexity index is 502. The van der Waals surface area contributed by atoms with Crippen molar-refractivity contribution in [1.82, 2.24) is 4.72 Å². The van der Waals surface area contributed by atoms with E-state index in [-0.39, 0.29) is 12.4 Å². The molecule has 0 aliphatic heterocycles. The molecule has 0 unspecified atom stereocenters. The van der Waals surface area contributed by atoms with Gasteiger partial charge in [-0.15, -0.1) is 11.6 Å². The van der Waals surface area contributed by atoms with Gasteiger partial charge in [-0.05, 0) is 6.42 Å². The van der Waals surface area contributed by atoms with E-state index in [0.29, 0.717) is 18.6 Å². The first-order valence-corrected chi connectivity index (χ1v) is 6.85. The maximum absolute atomic E-state index is 13.2. The molecule has 1 rings (SSSR count). The van der Waals surface area contributed by atoms with E-state index in [0.717, 1.165) is 0 Å². The van der Waals surface area contributed by atoms with Crippen LogP contribution in [0.2, 0.25) is 0 Å². The molecule has 1 aromatic rings. The second-order valence-corrected chi connectivity index (χ2v) is 5.16. The highest BCUT2D eigenvalue weighted by atomic mass is 35.5. The largest absolute Gasteiger partial charge is 0.299 e. The van der Waals surface area contributed by atoms with E-state index in [9.17, 15) is 21.6 Å². The zero-order valence-electron chi connectivity index (χ0n) is 9.01. The van der Waals surface area contributed by atoms with Gasteiger partial charge >= 0.3 is 0 Å². The van der Waals surface area contributed by atoms with Gasteiger partial charge in [0.1, 0.15) is 11.5 Å². The molecule has 0 radical (unpaired) electrons. The molecule has 0 aromatic heterocycles. The van der Waals surface area contributed by atoms with Gasteiger partial charge in [0, 0.05) is 24.6 Å². The highest BCUT2D eigenvalue weighted by molar-refractivity contribution is 7.90. The standard InChI is InChI=1S/C9H10ClF3N2O2S/c10-2-1-3-14-18(16,17)15-9-7(12)4-6(11)5-8(9)13/h4-5,14-15H,1-3H2. The van der Waals surface area contributed by atoms with E-state index in [1.807, 2.05) is 4.72 Å². The van der Waals surface area contributed by atoms with Gasteiger partial charge in [-0.3, -0.25) is 4.72 Å². The Morgan fingerprint density at radius 3 is 2.22 bits per heavy atom. The summed E-state index contributed by atoms with van der Waals surface area (Å²) in [6.07, 6.45) is 0.358. The first-order chi connectivity index (χ1) is 8.35. The molecule has 0 aliphatic rings. The molecule has 0 aliphatic carbocycles. The third kappa shape index (κ3) is 4.35. The summed E-state index contributed by atoms with van der Waals surface area (Å²) in [7, 11) is -4.13. The molecule has 2 N–H and O–H groups in total. The number of halogens is 4. The maximum Gasteiger partial charge on any atom is 0.299 e. The molecule has 0 saturated heterocycles. The van der Waals surface area contributed by atoms with Crippen LogP contribution < -0.4 is 9.44 Å². The fourth-order valence-corrected chi connectivity index (χ4v) is 2.17. The molecule has 0 spiro atoms. The summed E-state index contributed by atoms with van der Waals surface area (Å²) in [6.45, 7) is 0.0171. The summed E-state index contributed by atoms with van der Waals surface area (Å²) < 4.78 is 65.4. The molecule has 0 heterocycles. The molecule has 0 amide bonds. The minimum atomic E-state index is -4.13. The third-order valence-electron chi connectivity index (χ3n) is 1.85. The van der Waals surface area contributed by atoms with Crippen LogP contribution >= 0.6 is 11.6 Å². The summed E-state index contributed by atoms with van der Waals surface area (Å²) in [4.78, 5) is 0. The van der Waals surface area contributed by atoms with E-state index in [4.69, 9.17) is 11.6 Å². The van der Waals surface area contributed by atoms with Crippen LogP contribution in [0.15, 0.2) is 12.1 Å². The predicted molar refractivity (Wildman–Crippen MR) is 62.2 cm³/mol. The Morgan fingerprint density at radius 1 is 1.17 bits per heavy atom. The molecule has 0 bridgehead atoms. The molecule has 0 saturated carbocycles. The summed E-state index contributed by atoms with van der Waals surface area (Å²) in [6, 6.07) is 0.749. The molecule has 18 heavy (non-hydrogen) atoms. The Hall–Kier alpha value is -0.990. The van der Waals surface area contributed by atoms with E-state index in [1.54, 1.807) is 4.72 Å². The molecule has 0 atom stereocenters. The Labute approximate surface area is 107 Å². The number of hydrogen-bond donors (Lipinski definition) is 2. The molecular weight excluding hydrogens is 293 g/mol. The average molecular weight is 303 g/mol. The van der Waals surface area contributed by atoms with Gasteiger partial charge in [0.2, 0.25) is 0 Å². The van der Waals surface area contributed by atoms with Crippen LogP contribution in [0.3, 0.4) is 0 Å². The molecular formula is C9H10ClF3N2O2S. The lowest BCUT2D eigenvalue weighted by Gasteiger charge is -2.10. The number of rotatable bonds is 6. The van der Waals surface area contributed by atoms with Crippen LogP contribution in [-0.2, 0) is 10.2 Å². The predicted octanol–water partition coefficient (Wildman–Crippen LogP) is 1.98. The van der Waals surface area contributed by atoms with Gasteiger partial charge in [-0.25, -0.2) is 13.2 Å². The Kier molecular flexibility index (Phi) is 5.24. The van der Waals surface area contributed by atoms with Crippen molar-refractivity contribution in [3.63, 3.8) is 0 Å². The lowest BCUT2D eigenvalue weighted by molar-refractivity contribution is 0.546. The number of hydrogen-bond acceptors (Lipinski definition) is 2. The number of alkyl halides is 1. The summed E-state index contributed by atoms with van der Waals surface area (Å²) in [5, 5.41) is 0. The molecule has 9 heteroatoms. The van der Waals surface area contributed by atoms with Gasteiger partial charge < -0.3 is 0 Å². The number of nitrogens with one attached hydrogen (secondary N) is 2. The monoisotopic (exact) mass is 302 g/mol. The van der Waals surface area contributed by atoms with Crippen LogP contribution in [0.25, 0.3) is 0 Å². The van der Waals surface area contributed by atoms with Crippen molar-refractivity contribution in [3.05, 3.63) is 29.6 Å². The van der Waals surface area contributed by atoms with Crippen LogP contribution in [0, 0.1) is 17.5 Å². The molecule has 4 nitrogen and oxygen atoms in total. The molecule has 102 valence electrons. The maximum atomic E-state index is 13.2. The fraction of sp³-hybridized carbons (Fsp3) is 0.333. The van der Waals surface area contributed by atoms with Crippen molar-refractivity contribution in [2.75, 3.05) is 17.1 Å². The van der Waals surface area contributed by atoms with E-state index in [2.05, 4.69) is 0 Å². The summed E-state index contributed by atoms with van der Waals surface area (Å²) in [5.74, 6) is -3.57. The van der Waals surface area contributed by atoms with Crippen molar-refractivity contribution < 1.29 is 21.6 Å². The topological polar surface area (TPSA) is 58.2 Å². The number of anilines is 1. The lowest BCUT2D eigenvalue weighted by atomic mass is 10.3. The molecule has 0 fully saturated rings. The number of benzene rings is 1. The van der Waals surface area contributed by atoms with E-state index < -0.39 is 33.3 Å². The van der Waals surface area contributed by atoms with Crippen molar-refractivity contribution in [2.45, 2.75) is 6.42 Å². The van der Waals surface area contributed by atoms with Crippen molar-refractivity contribution in [1.29, 1.82) is 0 Å². The second kappa shape index (κ2) is 6.26. The van der Waals surface area contributed by atoms with Crippen molar-refractivity contribution >= 4 is 27.5 Å².